The van der Waals surface area contributed by atoms with Crippen molar-refractivity contribution in [2.75, 3.05) is 14.2 Å². The van der Waals surface area contributed by atoms with Gasteiger partial charge in [0.05, 0.1) is 19.8 Å². The topological polar surface area (TPSA) is 44.8 Å². The van der Waals surface area contributed by atoms with Gasteiger partial charge in [0.2, 0.25) is 0 Å². The van der Waals surface area contributed by atoms with E-state index in [2.05, 4.69) is 32.0 Å². The van der Waals surface area contributed by atoms with E-state index < -0.39 is 5.97 Å². The number of carbonyl (C=O) groups excluding carboxylic acids is 1. The number of ether oxygens (including phenoxy) is 3. The molecule has 0 saturated heterocycles. The summed E-state index contributed by atoms with van der Waals surface area (Å²) in [7, 11) is 2.89. The van der Waals surface area contributed by atoms with E-state index >= 15 is 0 Å². The van der Waals surface area contributed by atoms with E-state index in [-0.39, 0.29) is 0 Å². The normalized spacial score (nSPS) is 10.2. The third-order valence-corrected chi connectivity index (χ3v) is 3.47. The Hall–Kier alpha value is -2.49. The van der Waals surface area contributed by atoms with Gasteiger partial charge in [-0.05, 0) is 43.2 Å². The Morgan fingerprint density at radius 1 is 1.00 bits per heavy atom. The van der Waals surface area contributed by atoms with Crippen LogP contribution in [0.25, 0.3) is 0 Å². The van der Waals surface area contributed by atoms with Crippen molar-refractivity contribution in [3.63, 3.8) is 0 Å². The minimum Gasteiger partial charge on any atom is -0.493 e. The first-order valence-corrected chi connectivity index (χ1v) is 7.00. The summed E-state index contributed by atoms with van der Waals surface area (Å²) < 4.78 is 15.8. The summed E-state index contributed by atoms with van der Waals surface area (Å²) in [6, 6.07) is 11.2. The van der Waals surface area contributed by atoms with Gasteiger partial charge in [-0.25, -0.2) is 4.79 Å². The highest BCUT2D eigenvalue weighted by Gasteiger charge is 2.11. The molecule has 2 aromatic carbocycles. The zero-order valence-electron chi connectivity index (χ0n) is 13.3. The highest BCUT2D eigenvalue weighted by atomic mass is 16.5. The number of aryl methyl sites for hydroxylation is 2. The second kappa shape index (κ2) is 6.98. The van der Waals surface area contributed by atoms with Crippen molar-refractivity contribution >= 4 is 5.97 Å². The number of hydrogen-bond donors (Lipinski definition) is 0. The lowest BCUT2D eigenvalue weighted by Crippen LogP contribution is -2.04. The number of rotatable bonds is 5. The highest BCUT2D eigenvalue weighted by molar-refractivity contribution is 5.90. The Kier molecular flexibility index (Phi) is 5.04. The van der Waals surface area contributed by atoms with Crippen molar-refractivity contribution in [3.05, 3.63) is 58.7 Å². The summed E-state index contributed by atoms with van der Waals surface area (Å²) in [5, 5.41) is 0. The third-order valence-electron chi connectivity index (χ3n) is 3.47. The zero-order valence-corrected chi connectivity index (χ0v) is 13.3. The van der Waals surface area contributed by atoms with Gasteiger partial charge in [-0.3, -0.25) is 0 Å². The Morgan fingerprint density at radius 2 is 1.77 bits per heavy atom. The van der Waals surface area contributed by atoms with Gasteiger partial charge in [-0.15, -0.1) is 0 Å². The molecule has 116 valence electrons. The van der Waals surface area contributed by atoms with Crippen LogP contribution in [0.2, 0.25) is 0 Å². The van der Waals surface area contributed by atoms with E-state index in [4.69, 9.17) is 14.2 Å². The van der Waals surface area contributed by atoms with E-state index in [1.165, 1.54) is 18.2 Å². The molecule has 4 heteroatoms. The van der Waals surface area contributed by atoms with Crippen LogP contribution in [-0.4, -0.2) is 20.2 Å². The van der Waals surface area contributed by atoms with E-state index in [1.54, 1.807) is 25.3 Å². The Labute approximate surface area is 130 Å². The number of esters is 1. The molecular weight excluding hydrogens is 280 g/mol. The number of carbonyl (C=O) groups is 1. The van der Waals surface area contributed by atoms with Crippen molar-refractivity contribution in [2.45, 2.75) is 20.5 Å². The summed E-state index contributed by atoms with van der Waals surface area (Å²) in [6.45, 7) is 4.55. The van der Waals surface area contributed by atoms with Gasteiger partial charge in [0.15, 0.2) is 11.5 Å². The van der Waals surface area contributed by atoms with Crippen molar-refractivity contribution in [3.8, 4) is 11.5 Å². The van der Waals surface area contributed by atoms with Crippen molar-refractivity contribution < 1.29 is 19.0 Å². The van der Waals surface area contributed by atoms with E-state index in [1.807, 2.05) is 0 Å². The largest absolute Gasteiger partial charge is 0.493 e. The fourth-order valence-electron chi connectivity index (χ4n) is 2.14. The Morgan fingerprint density at radius 3 is 2.45 bits per heavy atom. The summed E-state index contributed by atoms with van der Waals surface area (Å²) in [5.41, 5.74) is 3.92. The van der Waals surface area contributed by atoms with Crippen molar-refractivity contribution in [2.24, 2.45) is 0 Å². The molecule has 0 amide bonds. The highest BCUT2D eigenvalue weighted by Crippen LogP contribution is 2.29. The maximum absolute atomic E-state index is 11.5. The predicted octanol–water partition coefficient (Wildman–Crippen LogP) is 3.68. The molecule has 0 unspecified atom stereocenters. The molecule has 0 radical (unpaired) electrons. The van der Waals surface area contributed by atoms with E-state index in [0.29, 0.717) is 23.7 Å². The van der Waals surface area contributed by atoms with Crippen LogP contribution in [0.1, 0.15) is 27.0 Å². The fraction of sp³-hybridized carbons (Fsp3) is 0.278. The first-order chi connectivity index (χ1) is 10.5. The standard InChI is InChI=1S/C18H20O4/c1-12-5-6-13(2)15(9-12)11-22-16-8-7-14(18(19)21-4)10-17(16)20-3/h5-10H,11H2,1-4H3. The average molecular weight is 300 g/mol. The number of hydrogen-bond acceptors (Lipinski definition) is 4. The average Bonchev–Trinajstić information content (AvgIpc) is 2.54. The Bertz CT molecular complexity index is 677. The lowest BCUT2D eigenvalue weighted by atomic mass is 10.1. The molecule has 0 bridgehead atoms. The maximum atomic E-state index is 11.5. The Balaban J connectivity index is 2.19. The monoisotopic (exact) mass is 300 g/mol. The molecule has 0 aliphatic rings. The zero-order chi connectivity index (χ0) is 16.1. The van der Waals surface area contributed by atoms with Crippen LogP contribution in [0.5, 0.6) is 11.5 Å². The molecule has 0 saturated carbocycles. The van der Waals surface area contributed by atoms with E-state index in [0.717, 1.165) is 5.56 Å². The molecule has 0 spiro atoms. The molecule has 0 atom stereocenters. The van der Waals surface area contributed by atoms with Gasteiger partial charge in [-0.2, -0.15) is 0 Å². The molecule has 0 aliphatic heterocycles. The molecule has 2 rings (SSSR count). The molecule has 0 aliphatic carbocycles. The van der Waals surface area contributed by atoms with Crippen LogP contribution in [0.15, 0.2) is 36.4 Å². The van der Waals surface area contributed by atoms with Gasteiger partial charge in [0.25, 0.3) is 0 Å². The first kappa shape index (κ1) is 15.9. The minimum absolute atomic E-state index is 0.403. The van der Waals surface area contributed by atoms with Crippen LogP contribution in [0, 0.1) is 13.8 Å². The predicted molar refractivity (Wildman–Crippen MR) is 84.6 cm³/mol. The molecule has 0 heterocycles. The fourth-order valence-corrected chi connectivity index (χ4v) is 2.14. The van der Waals surface area contributed by atoms with Crippen LogP contribution in [0.3, 0.4) is 0 Å². The second-order valence-electron chi connectivity index (χ2n) is 5.08. The van der Waals surface area contributed by atoms with Gasteiger partial charge < -0.3 is 14.2 Å². The first-order valence-electron chi connectivity index (χ1n) is 7.00. The van der Waals surface area contributed by atoms with Gasteiger partial charge in [-0.1, -0.05) is 23.8 Å². The molecule has 0 fully saturated rings. The van der Waals surface area contributed by atoms with Gasteiger partial charge in [0.1, 0.15) is 6.61 Å². The van der Waals surface area contributed by atoms with Gasteiger partial charge in [0, 0.05) is 0 Å². The van der Waals surface area contributed by atoms with Crippen LogP contribution >= 0.6 is 0 Å². The molecule has 4 nitrogen and oxygen atoms in total. The SMILES string of the molecule is COC(=O)c1ccc(OCc2cc(C)ccc2C)c(OC)c1. The lowest BCUT2D eigenvalue weighted by molar-refractivity contribution is 0.0600. The van der Waals surface area contributed by atoms with Crippen LogP contribution in [0.4, 0.5) is 0 Å². The second-order valence-corrected chi connectivity index (χ2v) is 5.08. The summed E-state index contributed by atoms with van der Waals surface area (Å²) in [6.07, 6.45) is 0. The van der Waals surface area contributed by atoms with Gasteiger partial charge >= 0.3 is 5.97 Å². The number of methoxy groups -OCH3 is 2. The lowest BCUT2D eigenvalue weighted by Gasteiger charge is -2.13. The van der Waals surface area contributed by atoms with Crippen molar-refractivity contribution in [1.29, 1.82) is 0 Å². The quantitative estimate of drug-likeness (QED) is 0.790. The van der Waals surface area contributed by atoms with E-state index in [9.17, 15) is 4.79 Å². The minimum atomic E-state index is -0.403. The van der Waals surface area contributed by atoms with Crippen LogP contribution in [-0.2, 0) is 11.3 Å². The third kappa shape index (κ3) is 3.58. The van der Waals surface area contributed by atoms with Crippen LogP contribution < -0.4 is 9.47 Å². The maximum Gasteiger partial charge on any atom is 0.337 e. The molecule has 22 heavy (non-hydrogen) atoms. The number of benzene rings is 2. The summed E-state index contributed by atoms with van der Waals surface area (Å²) in [4.78, 5) is 11.5. The smallest absolute Gasteiger partial charge is 0.337 e. The molecular formula is C18H20O4. The summed E-state index contributed by atoms with van der Waals surface area (Å²) in [5.74, 6) is 0.698. The molecule has 0 N–H and O–H groups in total. The molecule has 2 aromatic rings. The molecule has 0 aromatic heterocycles. The summed E-state index contributed by atoms with van der Waals surface area (Å²) >= 11 is 0. The van der Waals surface area contributed by atoms with Crippen molar-refractivity contribution in [1.82, 2.24) is 0 Å².